The van der Waals surface area contributed by atoms with Crippen molar-refractivity contribution in [1.82, 2.24) is 14.8 Å². The number of allylic oxidation sites excluding steroid dienone is 1. The number of aliphatic hydroxyl groups is 1. The zero-order valence-corrected chi connectivity index (χ0v) is 15.0. The Kier molecular flexibility index (Phi) is 4.61. The molecule has 25 heavy (non-hydrogen) atoms. The van der Waals surface area contributed by atoms with Gasteiger partial charge < -0.3 is 5.11 Å². The molecule has 1 aromatic carbocycles. The topological polar surface area (TPSA) is 88.0 Å². The van der Waals surface area contributed by atoms with E-state index < -0.39 is 5.56 Å². The van der Waals surface area contributed by atoms with Crippen molar-refractivity contribution >= 4 is 34.5 Å². The number of aromatic amines is 1. The maximum absolute atomic E-state index is 12.6. The Labute approximate surface area is 152 Å². The van der Waals surface area contributed by atoms with Crippen LogP contribution in [0.2, 0.25) is 5.02 Å². The molecule has 0 spiro atoms. The van der Waals surface area contributed by atoms with Crippen LogP contribution in [0.3, 0.4) is 0 Å². The van der Waals surface area contributed by atoms with E-state index in [2.05, 4.69) is 10.1 Å². The second-order valence-corrected chi connectivity index (χ2v) is 6.69. The lowest BCUT2D eigenvalue weighted by Crippen LogP contribution is -2.17. The van der Waals surface area contributed by atoms with E-state index in [0.29, 0.717) is 21.5 Å². The monoisotopic (exact) mass is 375 g/mol. The third-order valence-electron chi connectivity index (χ3n) is 3.49. The molecule has 0 saturated carbocycles. The molecule has 6 nitrogen and oxygen atoms in total. The van der Waals surface area contributed by atoms with E-state index in [1.54, 1.807) is 19.1 Å². The predicted molar refractivity (Wildman–Crippen MR) is 98.5 cm³/mol. The van der Waals surface area contributed by atoms with Crippen molar-refractivity contribution in [1.29, 1.82) is 0 Å². The van der Waals surface area contributed by atoms with E-state index in [-0.39, 0.29) is 17.1 Å². The highest BCUT2D eigenvalue weighted by atomic mass is 35.5. The highest BCUT2D eigenvalue weighted by molar-refractivity contribution is 7.12. The van der Waals surface area contributed by atoms with Crippen molar-refractivity contribution in [2.24, 2.45) is 0 Å². The van der Waals surface area contributed by atoms with Gasteiger partial charge in [-0.15, -0.1) is 11.3 Å². The van der Waals surface area contributed by atoms with Gasteiger partial charge in [-0.05, 0) is 26.0 Å². The van der Waals surface area contributed by atoms with Gasteiger partial charge in [0.2, 0.25) is 5.13 Å². The number of hydrogen-bond donors (Lipinski definition) is 2. The molecule has 2 aromatic heterocycles. The second kappa shape index (κ2) is 6.70. The van der Waals surface area contributed by atoms with Gasteiger partial charge in [-0.3, -0.25) is 14.7 Å². The number of halogens is 1. The predicted octanol–water partition coefficient (Wildman–Crippen LogP) is 3.74. The van der Waals surface area contributed by atoms with E-state index in [1.165, 1.54) is 22.9 Å². The SMILES string of the molecule is CC(=O)C=C(O)c1c(C)[nH]n(-c2nc(-c3ccc(Cl)cc3)cs2)c1=O. The van der Waals surface area contributed by atoms with Gasteiger partial charge in [0.15, 0.2) is 5.78 Å². The van der Waals surface area contributed by atoms with Gasteiger partial charge in [-0.25, -0.2) is 4.98 Å². The number of rotatable bonds is 4. The number of ketones is 1. The number of aromatic nitrogens is 3. The molecule has 0 bridgehead atoms. The van der Waals surface area contributed by atoms with Crippen LogP contribution in [-0.2, 0) is 4.79 Å². The summed E-state index contributed by atoms with van der Waals surface area (Å²) in [4.78, 5) is 28.2. The normalized spacial score (nSPS) is 11.7. The molecule has 128 valence electrons. The van der Waals surface area contributed by atoms with E-state index >= 15 is 0 Å². The average molecular weight is 376 g/mol. The lowest BCUT2D eigenvalue weighted by molar-refractivity contribution is -0.112. The molecule has 8 heteroatoms. The van der Waals surface area contributed by atoms with Crippen LogP contribution in [0.4, 0.5) is 0 Å². The molecular formula is C17H14ClN3O3S. The smallest absolute Gasteiger partial charge is 0.284 e. The summed E-state index contributed by atoms with van der Waals surface area (Å²) in [7, 11) is 0. The van der Waals surface area contributed by atoms with Gasteiger partial charge in [0.05, 0.1) is 5.69 Å². The lowest BCUT2D eigenvalue weighted by atomic mass is 10.2. The quantitative estimate of drug-likeness (QED) is 0.537. The summed E-state index contributed by atoms with van der Waals surface area (Å²) in [5, 5.41) is 15.8. The van der Waals surface area contributed by atoms with Crippen LogP contribution < -0.4 is 5.56 Å². The average Bonchev–Trinajstić information content (AvgIpc) is 3.12. The molecule has 3 aromatic rings. The summed E-state index contributed by atoms with van der Waals surface area (Å²) in [5.41, 5.74) is 1.62. The van der Waals surface area contributed by atoms with Crippen molar-refractivity contribution in [2.75, 3.05) is 0 Å². The Morgan fingerprint density at radius 1 is 1.36 bits per heavy atom. The standard InChI is InChI=1S/C17H14ClN3O3S/c1-9(22)7-14(23)15-10(2)20-21(16(15)24)17-19-13(8-25-17)11-3-5-12(18)6-4-11/h3-8,20,23H,1-2H3. The molecule has 0 aliphatic heterocycles. The Morgan fingerprint density at radius 2 is 2.04 bits per heavy atom. The van der Waals surface area contributed by atoms with E-state index in [4.69, 9.17) is 11.6 Å². The number of nitrogens with zero attached hydrogens (tertiary/aromatic N) is 2. The Morgan fingerprint density at radius 3 is 2.68 bits per heavy atom. The largest absolute Gasteiger partial charge is 0.507 e. The Hall–Kier alpha value is -2.64. The number of nitrogens with one attached hydrogen (secondary N) is 1. The highest BCUT2D eigenvalue weighted by Crippen LogP contribution is 2.25. The number of hydrogen-bond acceptors (Lipinski definition) is 5. The minimum absolute atomic E-state index is 0.0541. The highest BCUT2D eigenvalue weighted by Gasteiger charge is 2.18. The van der Waals surface area contributed by atoms with Crippen molar-refractivity contribution in [2.45, 2.75) is 13.8 Å². The molecule has 0 unspecified atom stereocenters. The van der Waals surface area contributed by atoms with E-state index in [9.17, 15) is 14.7 Å². The van der Waals surface area contributed by atoms with Crippen molar-refractivity contribution in [3.8, 4) is 16.4 Å². The first-order chi connectivity index (χ1) is 11.9. The Bertz CT molecular complexity index is 1030. The summed E-state index contributed by atoms with van der Waals surface area (Å²) in [6, 6.07) is 7.22. The number of carbonyl (C=O) groups excluding carboxylic acids is 1. The summed E-state index contributed by atoms with van der Waals surface area (Å²) in [5.74, 6) is -0.706. The molecular weight excluding hydrogens is 362 g/mol. The third-order valence-corrected chi connectivity index (χ3v) is 4.57. The van der Waals surface area contributed by atoms with Gasteiger partial charge in [0.25, 0.3) is 5.56 Å². The van der Waals surface area contributed by atoms with Crippen LogP contribution in [0.1, 0.15) is 18.2 Å². The number of carbonyl (C=O) groups is 1. The van der Waals surface area contributed by atoms with E-state index in [1.807, 2.05) is 17.5 Å². The van der Waals surface area contributed by atoms with E-state index in [0.717, 1.165) is 11.6 Å². The van der Waals surface area contributed by atoms with Crippen LogP contribution in [0.25, 0.3) is 22.1 Å². The minimum Gasteiger partial charge on any atom is -0.507 e. The summed E-state index contributed by atoms with van der Waals surface area (Å²) in [6.07, 6.45) is 1.02. The van der Waals surface area contributed by atoms with Crippen LogP contribution in [0.5, 0.6) is 0 Å². The molecule has 0 fully saturated rings. The molecule has 0 saturated heterocycles. The van der Waals surface area contributed by atoms with Crippen LogP contribution >= 0.6 is 22.9 Å². The van der Waals surface area contributed by atoms with Gasteiger partial charge >= 0.3 is 0 Å². The van der Waals surface area contributed by atoms with Crippen LogP contribution in [-0.4, -0.2) is 25.7 Å². The number of aliphatic hydroxyl groups excluding tert-OH is 1. The maximum atomic E-state index is 12.6. The fraction of sp³-hybridized carbons (Fsp3) is 0.118. The summed E-state index contributed by atoms with van der Waals surface area (Å²) in [6.45, 7) is 2.95. The van der Waals surface area contributed by atoms with Gasteiger partial charge in [-0.1, -0.05) is 23.7 Å². The zero-order chi connectivity index (χ0) is 18.1. The number of thiazole rings is 1. The molecule has 0 amide bonds. The van der Waals surface area contributed by atoms with Gasteiger partial charge in [-0.2, -0.15) is 4.68 Å². The van der Waals surface area contributed by atoms with Crippen LogP contribution in [0, 0.1) is 6.92 Å². The van der Waals surface area contributed by atoms with Crippen molar-refractivity contribution in [3.63, 3.8) is 0 Å². The molecule has 0 aliphatic rings. The first-order valence-corrected chi connectivity index (χ1v) is 8.57. The van der Waals surface area contributed by atoms with Gasteiger partial charge in [0.1, 0.15) is 11.3 Å². The summed E-state index contributed by atoms with van der Waals surface area (Å²) >= 11 is 7.17. The maximum Gasteiger partial charge on any atom is 0.284 e. The third kappa shape index (κ3) is 3.42. The molecule has 2 heterocycles. The first kappa shape index (κ1) is 17.2. The van der Waals surface area contributed by atoms with Crippen molar-refractivity contribution < 1.29 is 9.90 Å². The van der Waals surface area contributed by atoms with Crippen molar-refractivity contribution in [3.05, 3.63) is 62.4 Å². The first-order valence-electron chi connectivity index (χ1n) is 7.32. The minimum atomic E-state index is -0.468. The number of H-pyrrole nitrogens is 1. The molecule has 0 atom stereocenters. The molecule has 2 N–H and O–H groups in total. The molecule has 3 rings (SSSR count). The fourth-order valence-corrected chi connectivity index (χ4v) is 3.28. The molecule has 0 radical (unpaired) electrons. The van der Waals surface area contributed by atoms with Crippen LogP contribution in [0.15, 0.2) is 40.5 Å². The Balaban J connectivity index is 2.03. The molecule has 0 aliphatic carbocycles. The number of benzene rings is 1. The fourth-order valence-electron chi connectivity index (χ4n) is 2.37. The zero-order valence-electron chi connectivity index (χ0n) is 13.4. The summed E-state index contributed by atoms with van der Waals surface area (Å²) < 4.78 is 1.25. The second-order valence-electron chi connectivity index (χ2n) is 5.41. The lowest BCUT2D eigenvalue weighted by Gasteiger charge is -1.97. The van der Waals surface area contributed by atoms with Gasteiger partial charge in [0, 0.05) is 27.7 Å². The number of aryl methyl sites for hydroxylation is 1.